The molecule has 0 aliphatic rings. The average molecular weight is 257 g/mol. The first-order valence-corrected chi connectivity index (χ1v) is 6.77. The van der Waals surface area contributed by atoms with Crippen molar-refractivity contribution >= 4 is 0 Å². The van der Waals surface area contributed by atoms with Crippen LogP contribution in [0.1, 0.15) is 34.1 Å². The summed E-state index contributed by atoms with van der Waals surface area (Å²) in [6, 6.07) is 8.99. The van der Waals surface area contributed by atoms with Crippen molar-refractivity contribution in [3.05, 3.63) is 52.3 Å². The molecule has 0 amide bonds. The zero-order valence-electron chi connectivity index (χ0n) is 12.5. The molecule has 0 saturated carbocycles. The minimum absolute atomic E-state index is 0.290. The second kappa shape index (κ2) is 5.57. The van der Waals surface area contributed by atoms with E-state index in [1.165, 1.54) is 22.4 Å². The number of rotatable bonds is 4. The van der Waals surface area contributed by atoms with E-state index < -0.39 is 0 Å². The molecule has 0 aliphatic carbocycles. The van der Waals surface area contributed by atoms with Crippen LogP contribution in [0, 0.1) is 27.7 Å². The van der Waals surface area contributed by atoms with E-state index in [1.807, 2.05) is 7.05 Å². The molecule has 0 aliphatic heterocycles. The van der Waals surface area contributed by atoms with Gasteiger partial charge in [0.15, 0.2) is 0 Å². The van der Waals surface area contributed by atoms with Crippen LogP contribution in [0.15, 0.2) is 24.3 Å². The summed E-state index contributed by atoms with van der Waals surface area (Å²) in [6.45, 7) is 9.31. The molecule has 1 atom stereocenters. The normalized spacial score (nSPS) is 12.7. The van der Waals surface area contributed by atoms with Gasteiger partial charge >= 0.3 is 0 Å². The first-order chi connectivity index (χ1) is 9.02. The molecule has 3 heteroatoms. The van der Waals surface area contributed by atoms with Crippen LogP contribution in [-0.4, -0.2) is 16.8 Å². The Bertz CT molecular complexity index is 552. The molecular weight excluding hydrogens is 234 g/mol. The second-order valence-corrected chi connectivity index (χ2v) is 5.23. The maximum Gasteiger partial charge on any atom is 0.0625 e. The molecule has 1 heterocycles. The van der Waals surface area contributed by atoms with Crippen molar-refractivity contribution in [3.8, 4) is 0 Å². The highest BCUT2D eigenvalue weighted by Gasteiger charge is 2.14. The maximum absolute atomic E-state index is 4.62. The summed E-state index contributed by atoms with van der Waals surface area (Å²) in [4.78, 5) is 0. The summed E-state index contributed by atoms with van der Waals surface area (Å²) in [6.07, 6.45) is 0. The predicted octanol–water partition coefficient (Wildman–Crippen LogP) is 3.08. The monoisotopic (exact) mass is 257 g/mol. The highest BCUT2D eigenvalue weighted by molar-refractivity contribution is 5.25. The maximum atomic E-state index is 4.62. The van der Waals surface area contributed by atoms with Gasteiger partial charge in [-0.1, -0.05) is 29.8 Å². The van der Waals surface area contributed by atoms with Crippen LogP contribution in [0.2, 0.25) is 0 Å². The van der Waals surface area contributed by atoms with Crippen molar-refractivity contribution < 1.29 is 0 Å². The number of benzene rings is 1. The van der Waals surface area contributed by atoms with Gasteiger partial charge in [-0.3, -0.25) is 4.68 Å². The highest BCUT2D eigenvalue weighted by atomic mass is 15.3. The van der Waals surface area contributed by atoms with Gasteiger partial charge in [0.05, 0.1) is 18.3 Å². The Morgan fingerprint density at radius 1 is 1.11 bits per heavy atom. The van der Waals surface area contributed by atoms with Gasteiger partial charge in [-0.25, -0.2) is 0 Å². The van der Waals surface area contributed by atoms with Crippen molar-refractivity contribution in [2.24, 2.45) is 0 Å². The summed E-state index contributed by atoms with van der Waals surface area (Å²) in [5, 5.41) is 8.00. The molecule has 102 valence electrons. The standard InChI is InChI=1S/C16H23N3/c1-11-6-8-15(9-7-11)16(17-5)10-19-14(4)12(2)13(3)18-19/h6-9,16-17H,10H2,1-5H3. The largest absolute Gasteiger partial charge is 0.311 e. The number of hydrogen-bond acceptors (Lipinski definition) is 2. The Labute approximate surface area is 115 Å². The summed E-state index contributed by atoms with van der Waals surface area (Å²) >= 11 is 0. The second-order valence-electron chi connectivity index (χ2n) is 5.23. The molecule has 0 bridgehead atoms. The molecule has 2 rings (SSSR count). The summed E-state index contributed by atoms with van der Waals surface area (Å²) < 4.78 is 2.10. The van der Waals surface area contributed by atoms with E-state index >= 15 is 0 Å². The average Bonchev–Trinajstić information content (AvgIpc) is 2.65. The lowest BCUT2D eigenvalue weighted by Crippen LogP contribution is -2.23. The summed E-state index contributed by atoms with van der Waals surface area (Å²) in [7, 11) is 2.00. The first-order valence-electron chi connectivity index (χ1n) is 6.77. The molecule has 1 aromatic carbocycles. The lowest BCUT2D eigenvalue weighted by molar-refractivity contribution is 0.459. The topological polar surface area (TPSA) is 29.9 Å². The minimum Gasteiger partial charge on any atom is -0.311 e. The fraction of sp³-hybridized carbons (Fsp3) is 0.438. The third kappa shape index (κ3) is 2.87. The first kappa shape index (κ1) is 13.8. The number of hydrogen-bond donors (Lipinski definition) is 1. The summed E-state index contributed by atoms with van der Waals surface area (Å²) in [5.74, 6) is 0. The molecule has 19 heavy (non-hydrogen) atoms. The molecule has 3 nitrogen and oxygen atoms in total. The third-order valence-electron chi connectivity index (χ3n) is 3.93. The molecular formula is C16H23N3. The van der Waals surface area contributed by atoms with E-state index in [0.717, 1.165) is 12.2 Å². The molecule has 2 aromatic rings. The number of nitrogens with one attached hydrogen (secondary N) is 1. The highest BCUT2D eigenvalue weighted by Crippen LogP contribution is 2.18. The van der Waals surface area contributed by atoms with E-state index in [-0.39, 0.29) is 6.04 Å². The quantitative estimate of drug-likeness (QED) is 0.912. The van der Waals surface area contributed by atoms with Crippen LogP contribution in [0.5, 0.6) is 0 Å². The SMILES string of the molecule is CNC(Cn1nc(C)c(C)c1C)c1ccc(C)cc1. The Morgan fingerprint density at radius 2 is 1.74 bits per heavy atom. The number of aryl methyl sites for hydroxylation is 2. The van der Waals surface area contributed by atoms with Gasteiger partial charge in [0, 0.05) is 5.69 Å². The van der Waals surface area contributed by atoms with Crippen LogP contribution in [0.3, 0.4) is 0 Å². The number of aromatic nitrogens is 2. The van der Waals surface area contributed by atoms with Crippen LogP contribution >= 0.6 is 0 Å². The smallest absolute Gasteiger partial charge is 0.0625 e. The predicted molar refractivity (Wildman–Crippen MR) is 79.4 cm³/mol. The van der Waals surface area contributed by atoms with E-state index in [1.54, 1.807) is 0 Å². The zero-order chi connectivity index (χ0) is 14.0. The fourth-order valence-corrected chi connectivity index (χ4v) is 2.30. The van der Waals surface area contributed by atoms with Crippen LogP contribution in [0.4, 0.5) is 0 Å². The molecule has 0 saturated heterocycles. The Morgan fingerprint density at radius 3 is 2.21 bits per heavy atom. The third-order valence-corrected chi connectivity index (χ3v) is 3.93. The Hall–Kier alpha value is -1.61. The molecule has 1 unspecified atom stereocenters. The minimum atomic E-state index is 0.290. The molecule has 0 spiro atoms. The van der Waals surface area contributed by atoms with E-state index in [2.05, 4.69) is 67.1 Å². The van der Waals surface area contributed by atoms with Crippen molar-refractivity contribution in [1.29, 1.82) is 0 Å². The van der Waals surface area contributed by atoms with Gasteiger partial charge in [0.2, 0.25) is 0 Å². The Kier molecular flexibility index (Phi) is 4.05. The lowest BCUT2D eigenvalue weighted by Gasteiger charge is -2.18. The molecule has 0 radical (unpaired) electrons. The van der Waals surface area contributed by atoms with Crippen molar-refractivity contribution in [2.75, 3.05) is 7.05 Å². The van der Waals surface area contributed by atoms with Gasteiger partial charge in [-0.05, 0) is 45.9 Å². The van der Waals surface area contributed by atoms with Crippen molar-refractivity contribution in [2.45, 2.75) is 40.3 Å². The molecule has 1 aromatic heterocycles. The Balaban J connectivity index is 2.23. The number of likely N-dealkylation sites (N-methyl/N-ethyl adjacent to an activating group) is 1. The van der Waals surface area contributed by atoms with Gasteiger partial charge in [-0.2, -0.15) is 5.10 Å². The van der Waals surface area contributed by atoms with E-state index in [9.17, 15) is 0 Å². The van der Waals surface area contributed by atoms with E-state index in [4.69, 9.17) is 0 Å². The van der Waals surface area contributed by atoms with Gasteiger partial charge < -0.3 is 5.32 Å². The number of nitrogens with zero attached hydrogens (tertiary/aromatic N) is 2. The van der Waals surface area contributed by atoms with Crippen LogP contribution in [-0.2, 0) is 6.54 Å². The van der Waals surface area contributed by atoms with Gasteiger partial charge in [0.25, 0.3) is 0 Å². The zero-order valence-corrected chi connectivity index (χ0v) is 12.5. The van der Waals surface area contributed by atoms with Gasteiger partial charge in [0.1, 0.15) is 0 Å². The summed E-state index contributed by atoms with van der Waals surface area (Å²) in [5.41, 5.74) is 6.26. The van der Waals surface area contributed by atoms with Crippen LogP contribution < -0.4 is 5.32 Å². The van der Waals surface area contributed by atoms with Crippen molar-refractivity contribution in [1.82, 2.24) is 15.1 Å². The van der Waals surface area contributed by atoms with Gasteiger partial charge in [-0.15, -0.1) is 0 Å². The fourth-order valence-electron chi connectivity index (χ4n) is 2.30. The van der Waals surface area contributed by atoms with Crippen LogP contribution in [0.25, 0.3) is 0 Å². The molecule has 1 N–H and O–H groups in total. The molecule has 0 fully saturated rings. The van der Waals surface area contributed by atoms with E-state index in [0.29, 0.717) is 0 Å². The van der Waals surface area contributed by atoms with Crippen molar-refractivity contribution in [3.63, 3.8) is 0 Å². The lowest BCUT2D eigenvalue weighted by atomic mass is 10.1.